The van der Waals surface area contributed by atoms with Crippen LogP contribution in [0.2, 0.25) is 0 Å². The fraction of sp³-hybridized carbons (Fsp3) is 0.821. The van der Waals surface area contributed by atoms with Crippen molar-refractivity contribution in [1.82, 2.24) is 20.3 Å². The van der Waals surface area contributed by atoms with Crippen LogP contribution in [0.5, 0.6) is 0 Å². The summed E-state index contributed by atoms with van der Waals surface area (Å²) in [5.41, 5.74) is 3.11. The Labute approximate surface area is 210 Å². The molecule has 2 N–H and O–H groups in total. The van der Waals surface area contributed by atoms with Gasteiger partial charge in [0.15, 0.2) is 0 Å². The van der Waals surface area contributed by atoms with E-state index in [2.05, 4.69) is 42.5 Å². The molecule has 3 saturated carbocycles. The third-order valence-electron chi connectivity index (χ3n) is 10.5. The smallest absolute Gasteiger partial charge is 0.327 e. The molecular weight excluding hydrogens is 440 g/mol. The predicted octanol–water partition coefficient (Wildman–Crippen LogP) is 4.26. The zero-order valence-corrected chi connectivity index (χ0v) is 22.0. The van der Waals surface area contributed by atoms with E-state index in [-0.39, 0.29) is 18.6 Å². The number of allylic oxidation sites excluding steroid dienone is 1. The number of aliphatic hydroxyl groups is 1. The third-order valence-corrected chi connectivity index (χ3v) is 10.5. The quantitative estimate of drug-likeness (QED) is 0.444. The molecule has 0 aromatic carbocycles. The summed E-state index contributed by atoms with van der Waals surface area (Å²) in [5, 5.41) is 22.3. The predicted molar refractivity (Wildman–Crippen MR) is 134 cm³/mol. The lowest BCUT2D eigenvalue weighted by Crippen LogP contribution is -2.52. The summed E-state index contributed by atoms with van der Waals surface area (Å²) in [4.78, 5) is 11.7. The lowest BCUT2D eigenvalue weighted by molar-refractivity contribution is -0.144. The second-order valence-electron chi connectivity index (χ2n) is 12.3. The van der Waals surface area contributed by atoms with Crippen LogP contribution in [-0.2, 0) is 22.6 Å². The first-order valence-electron chi connectivity index (χ1n) is 13.9. The highest BCUT2D eigenvalue weighted by Gasteiger charge is 2.59. The van der Waals surface area contributed by atoms with Gasteiger partial charge in [-0.2, -0.15) is 0 Å². The molecule has 0 spiro atoms. The van der Waals surface area contributed by atoms with Crippen LogP contribution in [0.3, 0.4) is 0 Å². The molecule has 0 radical (unpaired) electrons. The van der Waals surface area contributed by atoms with Gasteiger partial charge >= 0.3 is 5.97 Å². The van der Waals surface area contributed by atoms with Gasteiger partial charge in [-0.15, -0.1) is 5.10 Å². The van der Waals surface area contributed by atoms with Gasteiger partial charge in [-0.3, -0.25) is 4.79 Å². The molecule has 35 heavy (non-hydrogen) atoms. The van der Waals surface area contributed by atoms with E-state index in [1.807, 2.05) is 6.20 Å². The molecule has 0 aliphatic heterocycles. The number of carbonyl (C=O) groups is 1. The van der Waals surface area contributed by atoms with Crippen LogP contribution in [0.15, 0.2) is 17.8 Å². The standard InChI is InChI=1S/C28H44N4O3/c1-5-35-26(34)17-32-16-20(30-31-32)15-29-18(2)23-8-9-24-22-7-6-19-14-21(33)10-12-27(19,3)25(22)11-13-28(23,24)4/h6,16,18,21-25,29,33H,5,7-15,17H2,1-4H3/t18-,21-,22-,23+,24-,25-,27-,28+/m0/s1. The number of hydrogen-bond donors (Lipinski definition) is 2. The number of carbonyl (C=O) groups excluding carboxylic acids is 1. The van der Waals surface area contributed by atoms with Crippen LogP contribution in [0.4, 0.5) is 0 Å². The van der Waals surface area contributed by atoms with Gasteiger partial charge in [-0.05, 0) is 99.7 Å². The monoisotopic (exact) mass is 484 g/mol. The molecule has 1 aromatic rings. The van der Waals surface area contributed by atoms with Gasteiger partial charge in [0, 0.05) is 12.6 Å². The summed E-state index contributed by atoms with van der Waals surface area (Å²) < 4.78 is 6.56. The van der Waals surface area contributed by atoms with Crippen molar-refractivity contribution in [2.24, 2.45) is 34.5 Å². The SMILES string of the molecule is CCOC(=O)Cn1cc(CN[C@@H](C)[C@H]2CC[C@H]3[C@@H]4CC=C5C[C@@H](O)CC[C@]5(C)[C@H]4CC[C@]23C)nn1. The summed E-state index contributed by atoms with van der Waals surface area (Å²) in [6.07, 6.45) is 13.7. The molecule has 0 bridgehead atoms. The molecule has 1 aromatic heterocycles. The number of ether oxygens (including phenoxy) is 1. The molecule has 5 rings (SSSR count). The highest BCUT2D eigenvalue weighted by Crippen LogP contribution is 2.66. The maximum Gasteiger partial charge on any atom is 0.327 e. The van der Waals surface area contributed by atoms with Gasteiger partial charge in [0.25, 0.3) is 0 Å². The van der Waals surface area contributed by atoms with Gasteiger partial charge in [0.1, 0.15) is 6.54 Å². The Bertz CT molecular complexity index is 960. The maximum absolute atomic E-state index is 11.7. The van der Waals surface area contributed by atoms with Crippen molar-refractivity contribution in [3.8, 4) is 0 Å². The highest BCUT2D eigenvalue weighted by atomic mass is 16.5. The van der Waals surface area contributed by atoms with E-state index >= 15 is 0 Å². The molecule has 194 valence electrons. The lowest BCUT2D eigenvalue weighted by Gasteiger charge is -2.58. The van der Waals surface area contributed by atoms with E-state index < -0.39 is 0 Å². The molecule has 8 atom stereocenters. The highest BCUT2D eigenvalue weighted by molar-refractivity contribution is 5.68. The van der Waals surface area contributed by atoms with E-state index in [9.17, 15) is 9.90 Å². The Morgan fingerprint density at radius 1 is 1.26 bits per heavy atom. The normalized spacial score (nSPS) is 39.2. The van der Waals surface area contributed by atoms with Crippen molar-refractivity contribution >= 4 is 5.97 Å². The van der Waals surface area contributed by atoms with Crippen LogP contribution in [0.25, 0.3) is 0 Å². The fourth-order valence-corrected chi connectivity index (χ4v) is 8.75. The minimum atomic E-state index is -0.284. The van der Waals surface area contributed by atoms with E-state index in [0.717, 1.165) is 42.7 Å². The van der Waals surface area contributed by atoms with Crippen LogP contribution < -0.4 is 5.32 Å². The van der Waals surface area contributed by atoms with Crippen molar-refractivity contribution in [3.63, 3.8) is 0 Å². The second-order valence-corrected chi connectivity index (χ2v) is 12.3. The number of esters is 1. The molecule has 0 amide bonds. The minimum Gasteiger partial charge on any atom is -0.465 e. The molecule has 0 saturated heterocycles. The van der Waals surface area contributed by atoms with Crippen LogP contribution >= 0.6 is 0 Å². The first-order chi connectivity index (χ1) is 16.7. The Kier molecular flexibility index (Phi) is 6.86. The number of hydrogen-bond acceptors (Lipinski definition) is 6. The Balaban J connectivity index is 1.22. The number of aromatic nitrogens is 3. The molecular formula is C28H44N4O3. The first-order valence-corrected chi connectivity index (χ1v) is 13.9. The Hall–Kier alpha value is -1.73. The molecule has 4 aliphatic carbocycles. The molecule has 7 heteroatoms. The molecule has 0 unspecified atom stereocenters. The Morgan fingerprint density at radius 2 is 2.09 bits per heavy atom. The second kappa shape index (κ2) is 9.62. The molecule has 1 heterocycles. The van der Waals surface area contributed by atoms with Crippen LogP contribution in [0, 0.1) is 34.5 Å². The van der Waals surface area contributed by atoms with Crippen molar-refractivity contribution in [2.45, 2.75) is 104 Å². The van der Waals surface area contributed by atoms with E-state index in [0.29, 0.717) is 35.9 Å². The Morgan fingerprint density at radius 3 is 2.89 bits per heavy atom. The minimum absolute atomic E-state index is 0.107. The van der Waals surface area contributed by atoms with Crippen molar-refractivity contribution < 1.29 is 14.6 Å². The van der Waals surface area contributed by atoms with Crippen molar-refractivity contribution in [3.05, 3.63) is 23.5 Å². The van der Waals surface area contributed by atoms with Crippen LogP contribution in [0.1, 0.15) is 84.8 Å². The van der Waals surface area contributed by atoms with Gasteiger partial charge < -0.3 is 15.2 Å². The van der Waals surface area contributed by atoms with E-state index in [4.69, 9.17) is 4.74 Å². The fourth-order valence-electron chi connectivity index (χ4n) is 8.75. The topological polar surface area (TPSA) is 89.3 Å². The lowest BCUT2D eigenvalue weighted by atomic mass is 9.47. The molecule has 4 aliphatic rings. The summed E-state index contributed by atoms with van der Waals surface area (Å²) >= 11 is 0. The number of nitrogens with zero attached hydrogens (tertiary/aromatic N) is 3. The largest absolute Gasteiger partial charge is 0.465 e. The zero-order valence-electron chi connectivity index (χ0n) is 22.0. The van der Waals surface area contributed by atoms with Gasteiger partial charge in [0.2, 0.25) is 0 Å². The molecule has 3 fully saturated rings. The average Bonchev–Trinajstić information content (AvgIpc) is 3.41. The van der Waals surface area contributed by atoms with Crippen molar-refractivity contribution in [1.29, 1.82) is 0 Å². The first kappa shape index (κ1) is 24.9. The summed E-state index contributed by atoms with van der Waals surface area (Å²) in [6.45, 7) is 10.4. The molecule has 7 nitrogen and oxygen atoms in total. The summed E-state index contributed by atoms with van der Waals surface area (Å²) in [6, 6.07) is 0.409. The van der Waals surface area contributed by atoms with Gasteiger partial charge in [-0.25, -0.2) is 4.68 Å². The maximum atomic E-state index is 11.7. The van der Waals surface area contributed by atoms with Crippen molar-refractivity contribution in [2.75, 3.05) is 6.61 Å². The summed E-state index contributed by atoms with van der Waals surface area (Å²) in [7, 11) is 0. The zero-order chi connectivity index (χ0) is 24.8. The van der Waals surface area contributed by atoms with Gasteiger partial charge in [0.05, 0.1) is 24.6 Å². The van der Waals surface area contributed by atoms with E-state index in [1.54, 1.807) is 17.2 Å². The number of fused-ring (bicyclic) bond motifs is 5. The number of rotatable bonds is 7. The average molecular weight is 485 g/mol. The van der Waals surface area contributed by atoms with Crippen LogP contribution in [-0.4, -0.2) is 44.8 Å². The van der Waals surface area contributed by atoms with Gasteiger partial charge in [-0.1, -0.05) is 30.7 Å². The van der Waals surface area contributed by atoms with E-state index in [1.165, 1.54) is 32.1 Å². The third kappa shape index (κ3) is 4.48. The summed E-state index contributed by atoms with van der Waals surface area (Å²) in [5.74, 6) is 2.74. The number of aliphatic hydroxyl groups excluding tert-OH is 1. The number of nitrogens with one attached hydrogen (secondary N) is 1.